The van der Waals surface area contributed by atoms with Gasteiger partial charge in [0.1, 0.15) is 0 Å². The third-order valence-corrected chi connectivity index (χ3v) is 2.96. The predicted molar refractivity (Wildman–Crippen MR) is 68.5 cm³/mol. The van der Waals surface area contributed by atoms with Crippen molar-refractivity contribution in [2.24, 2.45) is 0 Å². The molecular formula is C14H18O6. The third-order valence-electron chi connectivity index (χ3n) is 2.96. The summed E-state index contributed by atoms with van der Waals surface area (Å²) in [6.45, 7) is 1.94. The molecule has 2 aliphatic rings. The Morgan fingerprint density at radius 1 is 0.850 bits per heavy atom. The summed E-state index contributed by atoms with van der Waals surface area (Å²) in [6, 6.07) is 0. The second-order valence-corrected chi connectivity index (χ2v) is 4.51. The van der Waals surface area contributed by atoms with Crippen LogP contribution in [0, 0.1) is 0 Å². The van der Waals surface area contributed by atoms with E-state index in [4.69, 9.17) is 18.9 Å². The van der Waals surface area contributed by atoms with Gasteiger partial charge in [0.25, 0.3) is 0 Å². The average molecular weight is 282 g/mol. The molecule has 6 nitrogen and oxygen atoms in total. The Hall–Kier alpha value is -1.98. The second kappa shape index (κ2) is 7.57. The minimum Gasteiger partial charge on any atom is -0.501 e. The molecular weight excluding hydrogens is 264 g/mol. The van der Waals surface area contributed by atoms with E-state index in [0.717, 1.165) is 12.8 Å². The van der Waals surface area contributed by atoms with Crippen LogP contribution in [-0.2, 0) is 28.5 Å². The van der Waals surface area contributed by atoms with Crippen molar-refractivity contribution < 1.29 is 28.5 Å². The van der Waals surface area contributed by atoms with E-state index in [1.165, 1.54) is 12.5 Å². The fourth-order valence-corrected chi connectivity index (χ4v) is 1.80. The van der Waals surface area contributed by atoms with Crippen molar-refractivity contribution in [2.75, 3.05) is 26.4 Å². The maximum atomic E-state index is 11.1. The standard InChI is InChI=1S/C14H18O6/c15-13-11(3-7-19-13)9-17-5-1-2-6-18-10-12-4-8-20-14(12)16/h9-10H,1-8H2/b11-9-,12-10-. The lowest BCUT2D eigenvalue weighted by Crippen LogP contribution is -1.99. The number of hydrogen-bond acceptors (Lipinski definition) is 6. The summed E-state index contributed by atoms with van der Waals surface area (Å²) in [5.41, 5.74) is 1.18. The number of rotatable bonds is 7. The Morgan fingerprint density at radius 3 is 1.65 bits per heavy atom. The number of unbranched alkanes of at least 4 members (excludes halogenated alkanes) is 1. The van der Waals surface area contributed by atoms with Crippen molar-refractivity contribution in [3.05, 3.63) is 23.7 Å². The van der Waals surface area contributed by atoms with Gasteiger partial charge in [0.05, 0.1) is 50.1 Å². The van der Waals surface area contributed by atoms with Gasteiger partial charge >= 0.3 is 11.9 Å². The Bertz CT molecular complexity index is 383. The summed E-state index contributed by atoms with van der Waals surface area (Å²) >= 11 is 0. The van der Waals surface area contributed by atoms with Gasteiger partial charge in [-0.3, -0.25) is 0 Å². The van der Waals surface area contributed by atoms with Gasteiger partial charge in [-0.15, -0.1) is 0 Å². The van der Waals surface area contributed by atoms with Gasteiger partial charge in [0.15, 0.2) is 0 Å². The van der Waals surface area contributed by atoms with Gasteiger partial charge in [-0.2, -0.15) is 0 Å². The Morgan fingerprint density at radius 2 is 1.30 bits per heavy atom. The van der Waals surface area contributed by atoms with Crippen molar-refractivity contribution in [1.29, 1.82) is 0 Å². The highest BCUT2D eigenvalue weighted by atomic mass is 16.5. The summed E-state index contributed by atoms with van der Waals surface area (Å²) in [5, 5.41) is 0. The number of carbonyl (C=O) groups excluding carboxylic acids is 2. The number of hydrogen-bond donors (Lipinski definition) is 0. The van der Waals surface area contributed by atoms with Gasteiger partial charge in [-0.1, -0.05) is 0 Å². The predicted octanol–water partition coefficient (Wildman–Crippen LogP) is 1.46. The summed E-state index contributed by atoms with van der Waals surface area (Å²) < 4.78 is 20.1. The average Bonchev–Trinajstić information content (AvgIpc) is 3.02. The fourth-order valence-electron chi connectivity index (χ4n) is 1.80. The van der Waals surface area contributed by atoms with Crippen LogP contribution in [0.15, 0.2) is 23.7 Å². The van der Waals surface area contributed by atoms with Crippen LogP contribution < -0.4 is 0 Å². The smallest absolute Gasteiger partial charge is 0.337 e. The molecule has 0 N–H and O–H groups in total. The number of carbonyl (C=O) groups is 2. The Labute approximate surface area is 117 Å². The number of esters is 2. The minimum absolute atomic E-state index is 0.289. The topological polar surface area (TPSA) is 71.1 Å². The fraction of sp³-hybridized carbons (Fsp3) is 0.571. The molecule has 0 amide bonds. The van der Waals surface area contributed by atoms with Crippen LogP contribution in [0.25, 0.3) is 0 Å². The van der Waals surface area contributed by atoms with E-state index in [1.54, 1.807) is 0 Å². The molecule has 0 aromatic carbocycles. The molecule has 0 aromatic rings. The van der Waals surface area contributed by atoms with Crippen molar-refractivity contribution in [3.63, 3.8) is 0 Å². The highest BCUT2D eigenvalue weighted by Gasteiger charge is 2.19. The summed E-state index contributed by atoms with van der Waals surface area (Å²) in [6.07, 6.45) is 5.82. The van der Waals surface area contributed by atoms with Crippen molar-refractivity contribution in [2.45, 2.75) is 25.7 Å². The van der Waals surface area contributed by atoms with Crippen LogP contribution in [0.5, 0.6) is 0 Å². The van der Waals surface area contributed by atoms with Crippen molar-refractivity contribution >= 4 is 11.9 Å². The van der Waals surface area contributed by atoms with Crippen LogP contribution in [0.1, 0.15) is 25.7 Å². The van der Waals surface area contributed by atoms with E-state index >= 15 is 0 Å². The zero-order valence-electron chi connectivity index (χ0n) is 11.3. The zero-order valence-corrected chi connectivity index (χ0v) is 11.3. The minimum atomic E-state index is -0.289. The maximum Gasteiger partial charge on any atom is 0.337 e. The first-order valence-corrected chi connectivity index (χ1v) is 6.73. The molecule has 0 aromatic heterocycles. The van der Waals surface area contributed by atoms with Crippen LogP contribution in [-0.4, -0.2) is 38.4 Å². The molecule has 6 heteroatoms. The first-order valence-electron chi connectivity index (χ1n) is 6.73. The highest BCUT2D eigenvalue weighted by molar-refractivity contribution is 5.90. The second-order valence-electron chi connectivity index (χ2n) is 4.51. The largest absolute Gasteiger partial charge is 0.501 e. The SMILES string of the molecule is O=C1OCC/C1=C/OCCCCO/C=C1/CCOC1=O. The Balaban J connectivity index is 1.50. The first-order chi connectivity index (χ1) is 9.77. The van der Waals surface area contributed by atoms with Crippen molar-refractivity contribution in [3.8, 4) is 0 Å². The number of ether oxygens (including phenoxy) is 4. The molecule has 2 heterocycles. The lowest BCUT2D eigenvalue weighted by atomic mass is 10.2. The van der Waals surface area contributed by atoms with Gasteiger partial charge in [0, 0.05) is 12.8 Å². The van der Waals surface area contributed by atoms with E-state index < -0.39 is 0 Å². The summed E-state index contributed by atoms with van der Waals surface area (Å²) in [5.74, 6) is -0.577. The number of cyclic esters (lactones) is 2. The molecule has 0 unspecified atom stereocenters. The van der Waals surface area contributed by atoms with Gasteiger partial charge < -0.3 is 18.9 Å². The van der Waals surface area contributed by atoms with Gasteiger partial charge in [0.2, 0.25) is 0 Å². The molecule has 0 bridgehead atoms. The molecule has 110 valence electrons. The van der Waals surface area contributed by atoms with E-state index in [0.29, 0.717) is 50.4 Å². The molecule has 0 radical (unpaired) electrons. The molecule has 2 aliphatic heterocycles. The highest BCUT2D eigenvalue weighted by Crippen LogP contribution is 2.13. The van der Waals surface area contributed by atoms with Crippen LogP contribution in [0.3, 0.4) is 0 Å². The lowest BCUT2D eigenvalue weighted by molar-refractivity contribution is -0.136. The normalized spacial score (nSPS) is 22.2. The molecule has 0 spiro atoms. The Kier molecular flexibility index (Phi) is 5.46. The van der Waals surface area contributed by atoms with E-state index in [9.17, 15) is 9.59 Å². The van der Waals surface area contributed by atoms with Crippen LogP contribution in [0.2, 0.25) is 0 Å². The molecule has 2 saturated heterocycles. The van der Waals surface area contributed by atoms with Crippen LogP contribution >= 0.6 is 0 Å². The summed E-state index contributed by atoms with van der Waals surface area (Å²) in [7, 11) is 0. The molecule has 0 aliphatic carbocycles. The van der Waals surface area contributed by atoms with Gasteiger partial charge in [-0.05, 0) is 12.8 Å². The maximum absolute atomic E-state index is 11.1. The first kappa shape index (κ1) is 14.4. The molecule has 2 fully saturated rings. The van der Waals surface area contributed by atoms with E-state index in [2.05, 4.69) is 0 Å². The van der Waals surface area contributed by atoms with E-state index in [-0.39, 0.29) is 11.9 Å². The van der Waals surface area contributed by atoms with E-state index in [1.807, 2.05) is 0 Å². The monoisotopic (exact) mass is 282 g/mol. The molecule has 20 heavy (non-hydrogen) atoms. The quantitative estimate of drug-likeness (QED) is 0.305. The van der Waals surface area contributed by atoms with Crippen molar-refractivity contribution in [1.82, 2.24) is 0 Å². The molecule has 0 atom stereocenters. The lowest BCUT2D eigenvalue weighted by Gasteiger charge is -2.03. The third kappa shape index (κ3) is 4.29. The van der Waals surface area contributed by atoms with Gasteiger partial charge in [-0.25, -0.2) is 9.59 Å². The molecule has 2 rings (SSSR count). The van der Waals surface area contributed by atoms with Crippen LogP contribution in [0.4, 0.5) is 0 Å². The summed E-state index contributed by atoms with van der Waals surface area (Å²) in [4.78, 5) is 22.2. The molecule has 0 saturated carbocycles. The zero-order chi connectivity index (χ0) is 14.2.